The van der Waals surface area contributed by atoms with Crippen molar-refractivity contribution in [3.63, 3.8) is 0 Å². The number of benzene rings is 1. The quantitative estimate of drug-likeness (QED) is 0.877. The predicted molar refractivity (Wildman–Crippen MR) is 87.2 cm³/mol. The van der Waals surface area contributed by atoms with Crippen LogP contribution in [-0.4, -0.2) is 31.6 Å². The third-order valence-electron chi connectivity index (χ3n) is 3.92. The molecule has 2 N–H and O–H groups in total. The number of hydrogen-bond acceptors (Lipinski definition) is 3. The van der Waals surface area contributed by atoms with E-state index in [1.54, 1.807) is 7.11 Å². The Morgan fingerprint density at radius 3 is 2.90 bits per heavy atom. The first-order chi connectivity index (χ1) is 9.70. The van der Waals surface area contributed by atoms with E-state index in [1.165, 1.54) is 0 Å². The van der Waals surface area contributed by atoms with Crippen LogP contribution in [0.25, 0.3) is 0 Å². The zero-order valence-electron chi connectivity index (χ0n) is 12.7. The summed E-state index contributed by atoms with van der Waals surface area (Å²) in [6.45, 7) is 3.18. The Morgan fingerprint density at radius 1 is 1.43 bits per heavy atom. The molecule has 2 unspecified atom stereocenters. The summed E-state index contributed by atoms with van der Waals surface area (Å²) in [5.41, 5.74) is 1.08. The molecule has 5 heteroatoms. The molecule has 0 aromatic heterocycles. The summed E-state index contributed by atoms with van der Waals surface area (Å²) in [5, 5.41) is 6.53. The molecule has 0 bridgehead atoms. The predicted octanol–water partition coefficient (Wildman–Crippen LogP) is 2.31. The zero-order valence-corrected chi connectivity index (χ0v) is 13.5. The van der Waals surface area contributed by atoms with Crippen LogP contribution in [0, 0.1) is 0 Å². The number of para-hydroxylation sites is 1. The van der Waals surface area contributed by atoms with Crippen LogP contribution in [0.15, 0.2) is 24.3 Å². The SMILES string of the molecule is COc1ccccc1CCC(=O)NC1CCCNC1C.Cl. The first-order valence-corrected chi connectivity index (χ1v) is 7.35. The molecule has 1 aliphatic heterocycles. The number of piperidine rings is 1. The van der Waals surface area contributed by atoms with Gasteiger partial charge in [0.05, 0.1) is 7.11 Å². The summed E-state index contributed by atoms with van der Waals surface area (Å²) in [5.74, 6) is 0.976. The molecule has 2 atom stereocenters. The maximum absolute atomic E-state index is 12.1. The van der Waals surface area contributed by atoms with Gasteiger partial charge in [0.2, 0.25) is 5.91 Å². The summed E-state index contributed by atoms with van der Waals surface area (Å²) in [7, 11) is 1.66. The van der Waals surface area contributed by atoms with Gasteiger partial charge in [0.1, 0.15) is 5.75 Å². The van der Waals surface area contributed by atoms with Crippen molar-refractivity contribution in [3.8, 4) is 5.75 Å². The van der Waals surface area contributed by atoms with Gasteiger partial charge in [-0.3, -0.25) is 4.79 Å². The Hall–Kier alpha value is -1.26. The molecule has 118 valence electrons. The average molecular weight is 313 g/mol. The van der Waals surface area contributed by atoms with E-state index >= 15 is 0 Å². The molecule has 0 spiro atoms. The van der Waals surface area contributed by atoms with Crippen LogP contribution in [0.4, 0.5) is 0 Å². The maximum atomic E-state index is 12.1. The van der Waals surface area contributed by atoms with Crippen molar-refractivity contribution in [1.29, 1.82) is 0 Å². The topological polar surface area (TPSA) is 50.4 Å². The second kappa shape index (κ2) is 8.90. The normalized spacial score (nSPS) is 21.2. The first-order valence-electron chi connectivity index (χ1n) is 7.35. The molecule has 1 fully saturated rings. The molecule has 0 aliphatic carbocycles. The molecule has 1 saturated heterocycles. The molecule has 1 heterocycles. The standard InChI is InChI=1S/C16H24N2O2.ClH/c1-12-14(7-5-11-17-12)18-16(19)10-9-13-6-3-4-8-15(13)20-2;/h3-4,6,8,12,14,17H,5,7,9-11H2,1-2H3,(H,18,19);1H. The largest absolute Gasteiger partial charge is 0.496 e. The monoisotopic (exact) mass is 312 g/mol. The van der Waals surface area contributed by atoms with Gasteiger partial charge >= 0.3 is 0 Å². The Labute approximate surface area is 133 Å². The number of carbonyl (C=O) groups is 1. The van der Waals surface area contributed by atoms with Gasteiger partial charge < -0.3 is 15.4 Å². The second-order valence-electron chi connectivity index (χ2n) is 5.37. The van der Waals surface area contributed by atoms with E-state index in [1.807, 2.05) is 24.3 Å². The summed E-state index contributed by atoms with van der Waals surface area (Å²) < 4.78 is 5.30. The summed E-state index contributed by atoms with van der Waals surface area (Å²) in [6.07, 6.45) is 3.41. The molecule has 21 heavy (non-hydrogen) atoms. The molecule has 1 aromatic rings. The second-order valence-corrected chi connectivity index (χ2v) is 5.37. The lowest BCUT2D eigenvalue weighted by Gasteiger charge is -2.30. The fraction of sp³-hybridized carbons (Fsp3) is 0.562. The van der Waals surface area contributed by atoms with E-state index in [-0.39, 0.29) is 24.4 Å². The van der Waals surface area contributed by atoms with E-state index in [2.05, 4.69) is 17.6 Å². The smallest absolute Gasteiger partial charge is 0.220 e. The fourth-order valence-corrected chi connectivity index (χ4v) is 2.68. The number of ether oxygens (including phenoxy) is 1. The Bertz CT molecular complexity index is 454. The van der Waals surface area contributed by atoms with Gasteiger partial charge in [-0.05, 0) is 44.4 Å². The van der Waals surface area contributed by atoms with Crippen LogP contribution in [-0.2, 0) is 11.2 Å². The lowest BCUT2D eigenvalue weighted by Crippen LogP contribution is -2.51. The number of amides is 1. The molecular formula is C16H25ClN2O2. The summed E-state index contributed by atoms with van der Waals surface area (Å²) in [6, 6.07) is 8.48. The van der Waals surface area contributed by atoms with Gasteiger partial charge in [-0.2, -0.15) is 0 Å². The molecule has 4 nitrogen and oxygen atoms in total. The maximum Gasteiger partial charge on any atom is 0.220 e. The highest BCUT2D eigenvalue weighted by atomic mass is 35.5. The Morgan fingerprint density at radius 2 is 2.19 bits per heavy atom. The minimum Gasteiger partial charge on any atom is -0.496 e. The van der Waals surface area contributed by atoms with Crippen molar-refractivity contribution in [2.24, 2.45) is 0 Å². The van der Waals surface area contributed by atoms with Crippen LogP contribution in [0.3, 0.4) is 0 Å². The number of aryl methyl sites for hydroxylation is 1. The molecule has 1 amide bonds. The zero-order chi connectivity index (χ0) is 14.4. The minimum absolute atomic E-state index is 0. The molecular weight excluding hydrogens is 288 g/mol. The van der Waals surface area contributed by atoms with Gasteiger partial charge in [-0.1, -0.05) is 18.2 Å². The third kappa shape index (κ3) is 5.21. The molecule has 1 aliphatic rings. The van der Waals surface area contributed by atoms with E-state index in [4.69, 9.17) is 4.74 Å². The van der Waals surface area contributed by atoms with Gasteiger partial charge in [-0.25, -0.2) is 0 Å². The van der Waals surface area contributed by atoms with E-state index in [9.17, 15) is 4.79 Å². The van der Waals surface area contributed by atoms with Crippen LogP contribution < -0.4 is 15.4 Å². The molecule has 2 rings (SSSR count). The number of rotatable bonds is 5. The van der Waals surface area contributed by atoms with Gasteiger partial charge in [-0.15, -0.1) is 12.4 Å². The van der Waals surface area contributed by atoms with Crippen molar-refractivity contribution in [1.82, 2.24) is 10.6 Å². The van der Waals surface area contributed by atoms with Crippen molar-refractivity contribution >= 4 is 18.3 Å². The van der Waals surface area contributed by atoms with E-state index < -0.39 is 0 Å². The number of carbonyl (C=O) groups excluding carboxylic acids is 1. The van der Waals surface area contributed by atoms with Crippen molar-refractivity contribution in [2.75, 3.05) is 13.7 Å². The first kappa shape index (κ1) is 17.8. The molecule has 0 radical (unpaired) electrons. The average Bonchev–Trinajstić information content (AvgIpc) is 2.48. The lowest BCUT2D eigenvalue weighted by molar-refractivity contribution is -0.122. The third-order valence-corrected chi connectivity index (χ3v) is 3.92. The number of nitrogens with one attached hydrogen (secondary N) is 2. The number of hydrogen-bond donors (Lipinski definition) is 2. The lowest BCUT2D eigenvalue weighted by atomic mass is 9.99. The number of methoxy groups -OCH3 is 1. The fourth-order valence-electron chi connectivity index (χ4n) is 2.68. The van der Waals surface area contributed by atoms with Crippen molar-refractivity contribution < 1.29 is 9.53 Å². The highest BCUT2D eigenvalue weighted by Crippen LogP contribution is 2.19. The van der Waals surface area contributed by atoms with E-state index in [0.717, 1.165) is 30.7 Å². The minimum atomic E-state index is 0. The van der Waals surface area contributed by atoms with E-state index in [0.29, 0.717) is 18.9 Å². The van der Waals surface area contributed by atoms with Gasteiger partial charge in [0, 0.05) is 18.5 Å². The van der Waals surface area contributed by atoms with Crippen LogP contribution in [0.5, 0.6) is 5.75 Å². The summed E-state index contributed by atoms with van der Waals surface area (Å²) >= 11 is 0. The number of halogens is 1. The van der Waals surface area contributed by atoms with Gasteiger partial charge in [0.25, 0.3) is 0 Å². The highest BCUT2D eigenvalue weighted by molar-refractivity contribution is 5.85. The Balaban J connectivity index is 0.00000220. The Kier molecular flexibility index (Phi) is 7.54. The molecule has 0 saturated carbocycles. The van der Waals surface area contributed by atoms with Crippen LogP contribution in [0.2, 0.25) is 0 Å². The highest BCUT2D eigenvalue weighted by Gasteiger charge is 2.22. The van der Waals surface area contributed by atoms with Crippen molar-refractivity contribution in [3.05, 3.63) is 29.8 Å². The van der Waals surface area contributed by atoms with Crippen molar-refractivity contribution in [2.45, 2.75) is 44.7 Å². The van der Waals surface area contributed by atoms with Gasteiger partial charge in [0.15, 0.2) is 0 Å². The van der Waals surface area contributed by atoms with Crippen LogP contribution >= 0.6 is 12.4 Å². The van der Waals surface area contributed by atoms with Crippen LogP contribution in [0.1, 0.15) is 31.7 Å². The molecule has 1 aromatic carbocycles. The summed E-state index contributed by atoms with van der Waals surface area (Å²) in [4.78, 5) is 12.1.